The molecule has 0 saturated carbocycles. The summed E-state index contributed by atoms with van der Waals surface area (Å²) in [6.07, 6.45) is 5.49. The molecular weight excluding hydrogens is 290 g/mol. The fourth-order valence-electron chi connectivity index (χ4n) is 2.94. The first kappa shape index (κ1) is 16.2. The number of hydrogen-bond acceptors (Lipinski definition) is 3. The average molecular weight is 314 g/mol. The van der Waals surface area contributed by atoms with Crippen LogP contribution in [0, 0.1) is 0 Å². The molecule has 1 aromatic rings. The monoisotopic (exact) mass is 313 g/mol. The van der Waals surface area contributed by atoms with Crippen molar-refractivity contribution in [2.75, 3.05) is 39.5 Å². The smallest absolute Gasteiger partial charge is 0.203 e. The third kappa shape index (κ3) is 4.42. The quantitative estimate of drug-likeness (QED) is 0.719. The van der Waals surface area contributed by atoms with Crippen LogP contribution in [0.4, 0.5) is 0 Å². The van der Waals surface area contributed by atoms with Crippen LogP contribution in [0.5, 0.6) is 17.2 Å². The van der Waals surface area contributed by atoms with Crippen LogP contribution in [-0.2, 0) is 0 Å². The van der Waals surface area contributed by atoms with Crippen LogP contribution in [0.25, 0.3) is 0 Å². The summed E-state index contributed by atoms with van der Waals surface area (Å²) in [5.74, 6) is 2.39. The molecule has 5 heteroatoms. The first-order valence-electron chi connectivity index (χ1n) is 7.78. The highest BCUT2D eigenvalue weighted by Crippen LogP contribution is 2.38. The number of benzene rings is 1. The number of para-hydroxylation sites is 1. The molecule has 2 aliphatic heterocycles. The minimum Gasteiger partial charge on any atom is -1.00 e. The molecule has 0 spiro atoms. The minimum absolute atomic E-state index is 0. The molecule has 1 saturated heterocycles. The summed E-state index contributed by atoms with van der Waals surface area (Å²) in [7, 11) is 0. The summed E-state index contributed by atoms with van der Waals surface area (Å²) >= 11 is 0. The molecule has 0 radical (unpaired) electrons. The normalized spacial score (nSPS) is 18.5. The Labute approximate surface area is 132 Å². The Morgan fingerprint density at radius 3 is 2.57 bits per heavy atom. The molecule has 1 fully saturated rings. The summed E-state index contributed by atoms with van der Waals surface area (Å²) in [6.45, 7) is 5.62. The van der Waals surface area contributed by atoms with Gasteiger partial charge in [-0.2, -0.15) is 0 Å². The molecule has 3 rings (SSSR count). The van der Waals surface area contributed by atoms with E-state index in [1.807, 2.05) is 18.2 Å². The summed E-state index contributed by atoms with van der Waals surface area (Å²) in [5, 5.41) is 0. The van der Waals surface area contributed by atoms with E-state index in [4.69, 9.17) is 14.2 Å². The lowest BCUT2D eigenvalue weighted by Gasteiger charge is -2.21. The van der Waals surface area contributed by atoms with Gasteiger partial charge in [0.2, 0.25) is 5.75 Å². The van der Waals surface area contributed by atoms with Gasteiger partial charge in [-0.3, -0.25) is 0 Å². The molecule has 0 atom stereocenters. The van der Waals surface area contributed by atoms with E-state index in [0.29, 0.717) is 13.2 Å². The predicted octanol–water partition coefficient (Wildman–Crippen LogP) is -1.70. The second kappa shape index (κ2) is 8.35. The molecule has 21 heavy (non-hydrogen) atoms. The van der Waals surface area contributed by atoms with Crippen molar-refractivity contribution in [2.24, 2.45) is 0 Å². The number of hydrogen-bond donors (Lipinski definition) is 1. The number of nitrogens with one attached hydrogen (secondary N) is 1. The van der Waals surface area contributed by atoms with Crippen molar-refractivity contribution in [3.63, 3.8) is 0 Å². The van der Waals surface area contributed by atoms with Crippen molar-refractivity contribution in [3.8, 4) is 17.2 Å². The molecule has 4 nitrogen and oxygen atoms in total. The maximum absolute atomic E-state index is 5.92. The second-order valence-corrected chi connectivity index (χ2v) is 5.54. The zero-order chi connectivity index (χ0) is 13.6. The summed E-state index contributed by atoms with van der Waals surface area (Å²) in [4.78, 5) is 1.67. The maximum Gasteiger partial charge on any atom is 0.203 e. The van der Waals surface area contributed by atoms with Crippen LogP contribution in [-0.4, -0.2) is 39.5 Å². The van der Waals surface area contributed by atoms with Crippen LogP contribution in [0.3, 0.4) is 0 Å². The number of ether oxygens (including phenoxy) is 3. The van der Waals surface area contributed by atoms with E-state index < -0.39 is 0 Å². The molecular formula is C16H24ClNO3. The zero-order valence-corrected chi connectivity index (χ0v) is 13.2. The Balaban J connectivity index is 0.00000161. The van der Waals surface area contributed by atoms with Crippen molar-refractivity contribution in [2.45, 2.75) is 25.7 Å². The number of quaternary nitrogens is 1. The van der Waals surface area contributed by atoms with Crippen molar-refractivity contribution < 1.29 is 31.5 Å². The van der Waals surface area contributed by atoms with Gasteiger partial charge in [-0.25, -0.2) is 0 Å². The fraction of sp³-hybridized carbons (Fsp3) is 0.625. The van der Waals surface area contributed by atoms with Gasteiger partial charge in [-0.1, -0.05) is 6.07 Å². The number of likely N-dealkylation sites (tertiary alicyclic amines) is 1. The Hall–Kier alpha value is -1.13. The molecule has 2 aliphatic rings. The Kier molecular flexibility index (Phi) is 6.46. The van der Waals surface area contributed by atoms with Gasteiger partial charge in [0.05, 0.1) is 13.1 Å². The van der Waals surface area contributed by atoms with Gasteiger partial charge in [-0.05, 0) is 37.8 Å². The highest BCUT2D eigenvalue weighted by Gasteiger charge is 2.17. The maximum atomic E-state index is 5.92. The molecule has 0 unspecified atom stereocenters. The van der Waals surface area contributed by atoms with E-state index in [0.717, 1.165) is 30.4 Å². The first-order chi connectivity index (χ1) is 9.93. The van der Waals surface area contributed by atoms with Crippen LogP contribution in [0.2, 0.25) is 0 Å². The van der Waals surface area contributed by atoms with Gasteiger partial charge >= 0.3 is 0 Å². The average Bonchev–Trinajstić information content (AvgIpc) is 2.76. The largest absolute Gasteiger partial charge is 1.00 e. The van der Waals surface area contributed by atoms with Gasteiger partial charge in [0.1, 0.15) is 26.4 Å². The Bertz CT molecular complexity index is 434. The molecule has 0 bridgehead atoms. The topological polar surface area (TPSA) is 32.1 Å². The summed E-state index contributed by atoms with van der Waals surface area (Å²) < 4.78 is 17.1. The van der Waals surface area contributed by atoms with Gasteiger partial charge in [0.15, 0.2) is 11.5 Å². The van der Waals surface area contributed by atoms with E-state index in [-0.39, 0.29) is 12.4 Å². The molecule has 0 aromatic heterocycles. The van der Waals surface area contributed by atoms with Crippen molar-refractivity contribution in [1.82, 2.24) is 0 Å². The molecule has 0 amide bonds. The number of halogens is 1. The van der Waals surface area contributed by atoms with Crippen LogP contribution >= 0.6 is 0 Å². The first-order valence-corrected chi connectivity index (χ1v) is 7.78. The Morgan fingerprint density at radius 1 is 1.00 bits per heavy atom. The third-order valence-electron chi connectivity index (χ3n) is 4.05. The molecule has 2 heterocycles. The highest BCUT2D eigenvalue weighted by molar-refractivity contribution is 5.51. The number of rotatable bonds is 4. The number of fused-ring (bicyclic) bond motifs is 1. The van der Waals surface area contributed by atoms with Crippen LogP contribution in [0.15, 0.2) is 18.2 Å². The van der Waals surface area contributed by atoms with Gasteiger partial charge in [0.25, 0.3) is 0 Å². The lowest BCUT2D eigenvalue weighted by Crippen LogP contribution is -3.12. The lowest BCUT2D eigenvalue weighted by atomic mass is 10.2. The molecule has 118 valence electrons. The predicted molar refractivity (Wildman–Crippen MR) is 77.0 cm³/mol. The summed E-state index contributed by atoms with van der Waals surface area (Å²) in [5.41, 5.74) is 0. The third-order valence-corrected chi connectivity index (χ3v) is 4.05. The van der Waals surface area contributed by atoms with Gasteiger partial charge in [-0.15, -0.1) is 0 Å². The SMILES string of the molecule is [Cl-].c1cc2c(c(OCC[NH+]3CCCCCC3)c1)OCCO2. The standard InChI is InChI=1S/C16H23NO3.ClH/c1-2-4-9-17(8-3-1)10-11-18-14-6-5-7-15-16(14)20-13-12-19-15;/h5-7H,1-4,8-13H2;1H. The van der Waals surface area contributed by atoms with E-state index in [2.05, 4.69) is 0 Å². The van der Waals surface area contributed by atoms with E-state index >= 15 is 0 Å². The van der Waals surface area contributed by atoms with Gasteiger partial charge in [0, 0.05) is 0 Å². The summed E-state index contributed by atoms with van der Waals surface area (Å²) in [6, 6.07) is 5.86. The van der Waals surface area contributed by atoms with E-state index in [1.165, 1.54) is 38.8 Å². The van der Waals surface area contributed by atoms with Crippen LogP contribution < -0.4 is 31.5 Å². The van der Waals surface area contributed by atoms with Gasteiger partial charge < -0.3 is 31.5 Å². The minimum atomic E-state index is 0. The van der Waals surface area contributed by atoms with E-state index in [1.54, 1.807) is 4.90 Å². The van der Waals surface area contributed by atoms with E-state index in [9.17, 15) is 0 Å². The lowest BCUT2D eigenvalue weighted by molar-refractivity contribution is -0.899. The van der Waals surface area contributed by atoms with Crippen LogP contribution in [0.1, 0.15) is 25.7 Å². The van der Waals surface area contributed by atoms with Crippen molar-refractivity contribution >= 4 is 0 Å². The molecule has 0 aliphatic carbocycles. The Morgan fingerprint density at radius 2 is 1.76 bits per heavy atom. The van der Waals surface area contributed by atoms with Crippen molar-refractivity contribution in [3.05, 3.63) is 18.2 Å². The van der Waals surface area contributed by atoms with Crippen molar-refractivity contribution in [1.29, 1.82) is 0 Å². The second-order valence-electron chi connectivity index (χ2n) is 5.54. The molecule has 1 N–H and O–H groups in total. The fourth-order valence-corrected chi connectivity index (χ4v) is 2.94. The zero-order valence-electron chi connectivity index (χ0n) is 12.4. The highest BCUT2D eigenvalue weighted by atomic mass is 35.5. The molecule has 1 aromatic carbocycles.